The van der Waals surface area contributed by atoms with Gasteiger partial charge in [0.15, 0.2) is 5.82 Å². The van der Waals surface area contributed by atoms with Gasteiger partial charge in [-0.1, -0.05) is 48.5 Å². The molecule has 0 saturated carbocycles. The van der Waals surface area contributed by atoms with E-state index in [1.807, 2.05) is 54.6 Å². The van der Waals surface area contributed by atoms with E-state index in [0.29, 0.717) is 5.82 Å². The number of fused-ring (bicyclic) bond motifs is 1. The minimum Gasteiger partial charge on any atom is -0.258 e. The van der Waals surface area contributed by atoms with Crippen LogP contribution >= 0.6 is 0 Å². The molecule has 0 spiro atoms. The lowest BCUT2D eigenvalue weighted by molar-refractivity contribution is -0.384. The number of hydrogen-bond donors (Lipinski definition) is 0. The van der Waals surface area contributed by atoms with Crippen molar-refractivity contribution in [1.82, 2.24) is 9.97 Å². The zero-order chi connectivity index (χ0) is 17.2. The van der Waals surface area contributed by atoms with Crippen LogP contribution in [0.25, 0.3) is 33.5 Å². The molecule has 25 heavy (non-hydrogen) atoms. The molecule has 5 nitrogen and oxygen atoms in total. The first-order valence-electron chi connectivity index (χ1n) is 7.79. The van der Waals surface area contributed by atoms with Crippen LogP contribution in [0.3, 0.4) is 0 Å². The molecule has 3 aromatic carbocycles. The molecule has 1 heterocycles. The Bertz CT molecular complexity index is 1060. The predicted octanol–water partition coefficient (Wildman–Crippen LogP) is 4.87. The zero-order valence-electron chi connectivity index (χ0n) is 13.2. The standard InChI is InChI=1S/C20H13N3O2/c24-23(25)16-12-10-15(11-13-16)20-21-18-9-5-4-8-17(18)19(22-20)14-6-2-1-3-7-14/h1-13H. The summed E-state index contributed by atoms with van der Waals surface area (Å²) in [6, 6.07) is 24.0. The van der Waals surface area contributed by atoms with E-state index in [2.05, 4.69) is 4.98 Å². The molecule has 0 aliphatic heterocycles. The minimum atomic E-state index is -0.416. The number of nitro benzene ring substituents is 1. The number of nitro groups is 1. The second kappa shape index (κ2) is 6.13. The highest BCUT2D eigenvalue weighted by Gasteiger charge is 2.12. The van der Waals surface area contributed by atoms with Gasteiger partial charge in [0.2, 0.25) is 0 Å². The number of hydrogen-bond acceptors (Lipinski definition) is 4. The lowest BCUT2D eigenvalue weighted by atomic mass is 10.1. The van der Waals surface area contributed by atoms with Gasteiger partial charge in [-0.05, 0) is 18.2 Å². The van der Waals surface area contributed by atoms with Crippen molar-refractivity contribution in [2.24, 2.45) is 0 Å². The molecular weight excluding hydrogens is 314 g/mol. The van der Waals surface area contributed by atoms with Crippen LogP contribution in [0, 0.1) is 10.1 Å². The molecular formula is C20H13N3O2. The molecule has 1 aromatic heterocycles. The maximum atomic E-state index is 10.8. The fraction of sp³-hybridized carbons (Fsp3) is 0. The molecule has 0 N–H and O–H groups in total. The molecule has 5 heteroatoms. The quantitative estimate of drug-likeness (QED) is 0.397. The third-order valence-electron chi connectivity index (χ3n) is 3.99. The van der Waals surface area contributed by atoms with Gasteiger partial charge in [-0.2, -0.15) is 0 Å². The highest BCUT2D eigenvalue weighted by atomic mass is 16.6. The Morgan fingerprint density at radius 1 is 0.720 bits per heavy atom. The Morgan fingerprint density at radius 3 is 2.12 bits per heavy atom. The second-order valence-electron chi connectivity index (χ2n) is 5.58. The van der Waals surface area contributed by atoms with Crippen LogP contribution in [0.1, 0.15) is 0 Å². The van der Waals surface area contributed by atoms with E-state index in [9.17, 15) is 10.1 Å². The molecule has 0 bridgehead atoms. The average Bonchev–Trinajstić information content (AvgIpc) is 2.68. The summed E-state index contributed by atoms with van der Waals surface area (Å²) in [6.45, 7) is 0. The number of non-ortho nitro benzene ring substituents is 1. The normalized spacial score (nSPS) is 10.7. The van der Waals surface area contributed by atoms with E-state index in [4.69, 9.17) is 4.98 Å². The summed E-state index contributed by atoms with van der Waals surface area (Å²) < 4.78 is 0. The number of aromatic nitrogens is 2. The first-order valence-corrected chi connectivity index (χ1v) is 7.79. The van der Waals surface area contributed by atoms with Crippen molar-refractivity contribution in [3.05, 3.63) is 89.0 Å². The third-order valence-corrected chi connectivity index (χ3v) is 3.99. The van der Waals surface area contributed by atoms with Gasteiger partial charge < -0.3 is 0 Å². The number of benzene rings is 3. The Kier molecular flexibility index (Phi) is 3.67. The van der Waals surface area contributed by atoms with Crippen molar-refractivity contribution in [1.29, 1.82) is 0 Å². The van der Waals surface area contributed by atoms with Crippen LogP contribution in [-0.4, -0.2) is 14.9 Å². The van der Waals surface area contributed by atoms with Gasteiger partial charge in [0, 0.05) is 28.6 Å². The van der Waals surface area contributed by atoms with Crippen molar-refractivity contribution >= 4 is 16.6 Å². The van der Waals surface area contributed by atoms with Crippen LogP contribution in [-0.2, 0) is 0 Å². The zero-order valence-corrected chi connectivity index (χ0v) is 13.2. The smallest absolute Gasteiger partial charge is 0.258 e. The maximum absolute atomic E-state index is 10.8. The summed E-state index contributed by atoms with van der Waals surface area (Å²) in [6.07, 6.45) is 0. The number of para-hydroxylation sites is 1. The van der Waals surface area contributed by atoms with Gasteiger partial charge in [-0.3, -0.25) is 10.1 Å². The maximum Gasteiger partial charge on any atom is 0.269 e. The molecule has 120 valence electrons. The van der Waals surface area contributed by atoms with E-state index in [1.165, 1.54) is 12.1 Å². The van der Waals surface area contributed by atoms with E-state index in [0.717, 1.165) is 27.7 Å². The molecule has 0 aliphatic rings. The largest absolute Gasteiger partial charge is 0.269 e. The Labute approximate surface area is 143 Å². The summed E-state index contributed by atoms with van der Waals surface area (Å²) in [7, 11) is 0. The van der Waals surface area contributed by atoms with Crippen LogP contribution in [0.4, 0.5) is 5.69 Å². The summed E-state index contributed by atoms with van der Waals surface area (Å²) in [5.74, 6) is 0.549. The third kappa shape index (κ3) is 2.83. The Morgan fingerprint density at radius 2 is 1.40 bits per heavy atom. The molecule has 0 saturated heterocycles. The lowest BCUT2D eigenvalue weighted by Gasteiger charge is -2.09. The number of rotatable bonds is 3. The number of nitrogens with zero attached hydrogens (tertiary/aromatic N) is 3. The van der Waals surface area contributed by atoms with Crippen molar-refractivity contribution in [3.8, 4) is 22.6 Å². The van der Waals surface area contributed by atoms with Crippen LogP contribution in [0.5, 0.6) is 0 Å². The van der Waals surface area contributed by atoms with Gasteiger partial charge in [0.25, 0.3) is 5.69 Å². The van der Waals surface area contributed by atoms with E-state index in [-0.39, 0.29) is 5.69 Å². The summed E-state index contributed by atoms with van der Waals surface area (Å²) in [5, 5.41) is 11.8. The van der Waals surface area contributed by atoms with E-state index in [1.54, 1.807) is 12.1 Å². The van der Waals surface area contributed by atoms with Crippen molar-refractivity contribution in [2.45, 2.75) is 0 Å². The SMILES string of the molecule is O=[N+]([O-])c1ccc(-c2nc(-c3ccccc3)c3ccccc3n2)cc1. The molecule has 0 unspecified atom stereocenters. The van der Waals surface area contributed by atoms with Crippen molar-refractivity contribution in [2.75, 3.05) is 0 Å². The van der Waals surface area contributed by atoms with E-state index < -0.39 is 4.92 Å². The van der Waals surface area contributed by atoms with Gasteiger partial charge in [-0.15, -0.1) is 0 Å². The van der Waals surface area contributed by atoms with Crippen LogP contribution in [0.2, 0.25) is 0 Å². The fourth-order valence-electron chi connectivity index (χ4n) is 2.75. The summed E-state index contributed by atoms with van der Waals surface area (Å²) in [4.78, 5) is 19.8. The van der Waals surface area contributed by atoms with Crippen LogP contribution in [0.15, 0.2) is 78.9 Å². The Balaban J connectivity index is 1.92. The molecule has 0 aliphatic carbocycles. The summed E-state index contributed by atoms with van der Waals surface area (Å²) >= 11 is 0. The van der Waals surface area contributed by atoms with Gasteiger partial charge in [-0.25, -0.2) is 9.97 Å². The molecule has 4 aromatic rings. The Hall–Kier alpha value is -3.60. The first kappa shape index (κ1) is 15.0. The van der Waals surface area contributed by atoms with E-state index >= 15 is 0 Å². The highest BCUT2D eigenvalue weighted by molar-refractivity contribution is 5.93. The monoisotopic (exact) mass is 327 g/mol. The van der Waals surface area contributed by atoms with Crippen molar-refractivity contribution < 1.29 is 4.92 Å². The molecule has 0 radical (unpaired) electrons. The van der Waals surface area contributed by atoms with Gasteiger partial charge in [0.05, 0.1) is 16.1 Å². The van der Waals surface area contributed by atoms with Gasteiger partial charge in [0.1, 0.15) is 0 Å². The fourth-order valence-corrected chi connectivity index (χ4v) is 2.75. The van der Waals surface area contributed by atoms with Gasteiger partial charge >= 0.3 is 0 Å². The lowest BCUT2D eigenvalue weighted by Crippen LogP contribution is -1.95. The predicted molar refractivity (Wildman–Crippen MR) is 97.1 cm³/mol. The highest BCUT2D eigenvalue weighted by Crippen LogP contribution is 2.29. The molecule has 4 rings (SSSR count). The molecule has 0 fully saturated rings. The first-order chi connectivity index (χ1) is 12.2. The molecule has 0 amide bonds. The minimum absolute atomic E-state index is 0.0489. The second-order valence-corrected chi connectivity index (χ2v) is 5.58. The average molecular weight is 327 g/mol. The topological polar surface area (TPSA) is 68.9 Å². The summed E-state index contributed by atoms with van der Waals surface area (Å²) in [5.41, 5.74) is 3.48. The van der Waals surface area contributed by atoms with Crippen LogP contribution < -0.4 is 0 Å². The van der Waals surface area contributed by atoms with Crippen molar-refractivity contribution in [3.63, 3.8) is 0 Å². The molecule has 0 atom stereocenters.